The Morgan fingerprint density at radius 1 is 1.14 bits per heavy atom. The average molecular weight is 647 g/mol. The first-order chi connectivity index (χ1) is 19.9. The van der Waals surface area contributed by atoms with E-state index in [0.717, 1.165) is 5.69 Å². The minimum atomic E-state index is -5.08. The molecule has 1 atom stereocenters. The van der Waals surface area contributed by atoms with Crippen molar-refractivity contribution in [3.8, 4) is 0 Å². The van der Waals surface area contributed by atoms with Crippen LogP contribution in [0.3, 0.4) is 0 Å². The summed E-state index contributed by atoms with van der Waals surface area (Å²) < 4.78 is 50.5. The number of alkyl halides is 3. The summed E-state index contributed by atoms with van der Waals surface area (Å²) in [6, 6.07) is 12.7. The summed E-state index contributed by atoms with van der Waals surface area (Å²) >= 11 is 11.1. The van der Waals surface area contributed by atoms with Gasteiger partial charge < -0.3 is 19.4 Å². The molecule has 42 heavy (non-hydrogen) atoms. The van der Waals surface area contributed by atoms with Gasteiger partial charge in [-0.1, -0.05) is 35.3 Å². The van der Waals surface area contributed by atoms with Crippen LogP contribution in [-0.4, -0.2) is 52.4 Å². The van der Waals surface area contributed by atoms with E-state index in [1.807, 2.05) is 24.3 Å². The number of halogens is 5. The number of pyridine rings is 1. The molecule has 0 amide bonds. The second-order valence-corrected chi connectivity index (χ2v) is 11.8. The van der Waals surface area contributed by atoms with Crippen molar-refractivity contribution in [2.24, 2.45) is 0 Å². The number of hydrogen-bond acceptors (Lipinski definition) is 8. The zero-order valence-corrected chi connectivity index (χ0v) is 23.8. The van der Waals surface area contributed by atoms with Gasteiger partial charge in [0, 0.05) is 24.4 Å². The molecule has 5 rings (SSSR count). The predicted octanol–water partition coefficient (Wildman–Crippen LogP) is 5.40. The zero-order valence-electron chi connectivity index (χ0n) is 21.5. The van der Waals surface area contributed by atoms with Crippen LogP contribution >= 0.6 is 23.2 Å². The molecule has 4 N–H and O–H groups in total. The van der Waals surface area contributed by atoms with Gasteiger partial charge in [0.2, 0.25) is 5.89 Å². The van der Waals surface area contributed by atoms with Crippen LogP contribution in [0.25, 0.3) is 0 Å². The summed E-state index contributed by atoms with van der Waals surface area (Å²) in [6.45, 7) is 0. The Bertz CT molecular complexity index is 1560. The highest BCUT2D eigenvalue weighted by atomic mass is 35.5. The molecule has 224 valence electrons. The minimum absolute atomic E-state index is 0.106. The summed E-state index contributed by atoms with van der Waals surface area (Å²) in [4.78, 5) is 26.0. The second kappa shape index (κ2) is 13.2. The van der Waals surface area contributed by atoms with E-state index in [2.05, 4.69) is 25.7 Å². The van der Waals surface area contributed by atoms with Gasteiger partial charge in [-0.05, 0) is 61.1 Å². The number of anilines is 2. The molecule has 4 aromatic rings. The molecule has 1 aromatic carbocycles. The summed E-state index contributed by atoms with van der Waals surface area (Å²) in [5, 5.41) is 24.3. The largest absolute Gasteiger partial charge is 0.611 e. The molecule has 1 fully saturated rings. The third-order valence-electron chi connectivity index (χ3n) is 6.54. The Hall–Kier alpha value is -3.53. The van der Waals surface area contributed by atoms with Crippen molar-refractivity contribution < 1.29 is 32.0 Å². The van der Waals surface area contributed by atoms with Gasteiger partial charge in [-0.2, -0.15) is 18.3 Å². The highest BCUT2D eigenvalue weighted by Gasteiger charge is 2.45. The lowest BCUT2D eigenvalue weighted by molar-refractivity contribution is -0.192. The summed E-state index contributed by atoms with van der Waals surface area (Å²) in [6.07, 6.45) is -0.343. The molecule has 3 heterocycles. The molecule has 0 aliphatic heterocycles. The normalized spacial score (nSPS) is 19.4. The maximum absolute atomic E-state index is 13.3. The van der Waals surface area contributed by atoms with E-state index in [0.29, 0.717) is 64.6 Å². The van der Waals surface area contributed by atoms with Crippen molar-refractivity contribution in [3.05, 3.63) is 80.8 Å². The van der Waals surface area contributed by atoms with Crippen LogP contribution in [0, 0.1) is 0 Å². The van der Waals surface area contributed by atoms with Crippen molar-refractivity contribution in [3.63, 3.8) is 0 Å². The monoisotopic (exact) mass is 646 g/mol. The number of carboxylic acids is 1. The molecule has 11 nitrogen and oxygen atoms in total. The highest BCUT2D eigenvalue weighted by molar-refractivity contribution is 7.92. The molecule has 1 unspecified atom stereocenters. The summed E-state index contributed by atoms with van der Waals surface area (Å²) in [7, 11) is 0. The van der Waals surface area contributed by atoms with E-state index in [-0.39, 0.29) is 5.25 Å². The molecule has 1 aliphatic carbocycles. The van der Waals surface area contributed by atoms with Crippen LogP contribution in [0.5, 0.6) is 0 Å². The molecule has 0 saturated heterocycles. The number of H-pyrrole nitrogens is 2. The van der Waals surface area contributed by atoms with Gasteiger partial charge in [-0.25, -0.2) is 19.7 Å². The van der Waals surface area contributed by atoms with E-state index in [9.17, 15) is 22.5 Å². The van der Waals surface area contributed by atoms with Gasteiger partial charge in [0.05, 0.1) is 10.4 Å². The molecule has 1 aliphatic rings. The van der Waals surface area contributed by atoms with Crippen molar-refractivity contribution in [2.45, 2.75) is 53.8 Å². The van der Waals surface area contributed by atoms with E-state index >= 15 is 0 Å². The van der Waals surface area contributed by atoms with Crippen LogP contribution in [-0.2, 0) is 27.8 Å². The van der Waals surface area contributed by atoms with E-state index in [4.69, 9.17) is 42.5 Å². The van der Waals surface area contributed by atoms with Crippen LogP contribution in [0.1, 0.15) is 37.3 Å². The first-order valence-electron chi connectivity index (χ1n) is 12.3. The highest BCUT2D eigenvalue weighted by Crippen LogP contribution is 2.44. The Morgan fingerprint density at radius 2 is 1.83 bits per heavy atom. The van der Waals surface area contributed by atoms with E-state index < -0.39 is 34.5 Å². The lowest BCUT2D eigenvalue weighted by atomic mass is 9.70. The number of aromatic nitrogens is 5. The standard InChI is InChI=1S/C23H22Cl2N6O3S.C2HF3O2/c24-16-4-2-5-17(20(16)25)35(33)15-7-10-23(11-8-15,21-30-31-22(32)34-21)13-14-3-1-6-18(27-14)28-19-9-12-26-29-19;3-2(4,5)1(6)7/h1-6,9,12,15H,7-8,10-11,13H2,(H,31,32)(H2,26,27,28,29);(H,6,7)/t15-,23-,35?;. The molecular weight excluding hydrogens is 624 g/mol. The lowest BCUT2D eigenvalue weighted by Crippen LogP contribution is -2.39. The van der Waals surface area contributed by atoms with Crippen molar-refractivity contribution >= 4 is 52.0 Å². The number of benzene rings is 1. The fourth-order valence-corrected chi connectivity index (χ4v) is 6.66. The summed E-state index contributed by atoms with van der Waals surface area (Å²) in [5.41, 5.74) is 0.254. The third kappa shape index (κ3) is 7.65. The average Bonchev–Trinajstić information content (AvgIpc) is 3.62. The first kappa shape index (κ1) is 31.4. The predicted molar refractivity (Wildman–Crippen MR) is 147 cm³/mol. The maximum atomic E-state index is 13.3. The molecule has 0 spiro atoms. The number of carboxylic acid groups (broad SMARTS) is 1. The number of aliphatic carboxylic acids is 1. The van der Waals surface area contributed by atoms with Crippen LogP contribution in [0.15, 0.2) is 62.8 Å². The Kier molecular flexibility index (Phi) is 9.86. The van der Waals surface area contributed by atoms with Gasteiger partial charge in [0.15, 0.2) is 10.7 Å². The number of nitrogens with zero attached hydrogens (tertiary/aromatic N) is 3. The molecule has 0 radical (unpaired) electrons. The molecular formula is C25H23Cl2F3N6O5S. The molecule has 0 bridgehead atoms. The van der Waals surface area contributed by atoms with Crippen molar-refractivity contribution in [1.82, 2.24) is 25.4 Å². The second-order valence-electron chi connectivity index (χ2n) is 9.33. The van der Waals surface area contributed by atoms with Gasteiger partial charge in [0.1, 0.15) is 16.1 Å². The number of rotatable bonds is 7. The smallest absolute Gasteiger partial charge is 0.490 e. The quantitative estimate of drug-likeness (QED) is 0.192. The number of hydrogen-bond donors (Lipinski definition) is 4. The maximum Gasteiger partial charge on any atom is 0.490 e. The Morgan fingerprint density at radius 3 is 2.43 bits per heavy atom. The van der Waals surface area contributed by atoms with E-state index in [1.165, 1.54) is 0 Å². The van der Waals surface area contributed by atoms with Gasteiger partial charge in [-0.3, -0.25) is 5.10 Å². The van der Waals surface area contributed by atoms with Crippen LogP contribution in [0.2, 0.25) is 10.0 Å². The van der Waals surface area contributed by atoms with Gasteiger partial charge in [0.25, 0.3) is 0 Å². The van der Waals surface area contributed by atoms with Crippen LogP contribution in [0.4, 0.5) is 24.8 Å². The fraction of sp³-hybridized carbons (Fsp3) is 0.320. The Balaban J connectivity index is 0.000000517. The molecule has 3 aromatic heterocycles. The van der Waals surface area contributed by atoms with Crippen molar-refractivity contribution in [2.75, 3.05) is 5.32 Å². The Labute approximate surface area is 249 Å². The zero-order chi connectivity index (χ0) is 30.5. The third-order valence-corrected chi connectivity index (χ3v) is 9.32. The summed E-state index contributed by atoms with van der Waals surface area (Å²) in [5.74, 6) is -1.70. The van der Waals surface area contributed by atoms with E-state index in [1.54, 1.807) is 24.4 Å². The first-order valence-corrected chi connectivity index (χ1v) is 14.3. The molecule has 1 saturated carbocycles. The molecule has 17 heteroatoms. The number of aromatic amines is 2. The topological polar surface area (TPSA) is 173 Å². The fourth-order valence-electron chi connectivity index (χ4n) is 4.56. The lowest BCUT2D eigenvalue weighted by Gasteiger charge is -2.37. The minimum Gasteiger partial charge on any atom is -0.611 e. The van der Waals surface area contributed by atoms with Gasteiger partial charge in [-0.15, -0.1) is 5.10 Å². The van der Waals surface area contributed by atoms with Gasteiger partial charge >= 0.3 is 17.9 Å². The SMILES string of the molecule is O=C(O)C(F)(F)F.O=c1[nH]nc([C@]2(Cc3cccc(Nc4cc[nH]n4)n3)CC[C@@H]([S+]([O-])c3cccc(Cl)c3Cl)CC2)o1. The van der Waals surface area contributed by atoms with Crippen molar-refractivity contribution in [1.29, 1.82) is 0 Å². The van der Waals surface area contributed by atoms with Crippen LogP contribution < -0.4 is 11.1 Å². The number of nitrogens with one attached hydrogen (secondary N) is 3. The number of carbonyl (C=O) groups is 1.